The molecule has 17 heavy (non-hydrogen) atoms. The fraction of sp³-hybridized carbons (Fsp3) is 0.571. The zero-order valence-electron chi connectivity index (χ0n) is 10.7. The molecule has 0 aliphatic heterocycles. The van der Waals surface area contributed by atoms with E-state index < -0.39 is 6.10 Å². The van der Waals surface area contributed by atoms with Gasteiger partial charge in [-0.15, -0.1) is 0 Å². The second-order valence-corrected chi connectivity index (χ2v) is 5.65. The number of anilines is 1. The highest BCUT2D eigenvalue weighted by Crippen LogP contribution is 2.39. The first-order valence-corrected chi connectivity index (χ1v) is 6.55. The van der Waals surface area contributed by atoms with Gasteiger partial charge in [-0.05, 0) is 42.9 Å². The second-order valence-electron chi connectivity index (χ2n) is 5.24. The number of nitrogens with zero attached hydrogens (tertiary/aromatic N) is 1. The summed E-state index contributed by atoms with van der Waals surface area (Å²) in [6.45, 7) is 5.10. The molecule has 1 saturated carbocycles. The topological polar surface area (TPSA) is 23.5 Å². The van der Waals surface area contributed by atoms with Crippen LogP contribution in [-0.4, -0.2) is 18.7 Å². The normalized spacial score (nSPS) is 24.5. The van der Waals surface area contributed by atoms with Crippen LogP contribution < -0.4 is 4.90 Å². The van der Waals surface area contributed by atoms with Crippen LogP contribution in [0.15, 0.2) is 18.2 Å². The zero-order chi connectivity index (χ0) is 12.6. The zero-order valence-corrected chi connectivity index (χ0v) is 11.4. The smallest absolute Gasteiger partial charge is 0.0762 e. The third-order valence-electron chi connectivity index (χ3n) is 3.65. The minimum absolute atomic E-state index is 0.463. The molecule has 1 aliphatic carbocycles. The molecule has 2 unspecified atom stereocenters. The summed E-state index contributed by atoms with van der Waals surface area (Å²) in [7, 11) is 2.08. The van der Waals surface area contributed by atoms with Crippen molar-refractivity contribution >= 4 is 17.3 Å². The number of rotatable bonds is 4. The predicted octanol–water partition coefficient (Wildman–Crippen LogP) is 3.49. The van der Waals surface area contributed by atoms with E-state index in [1.807, 2.05) is 18.2 Å². The molecule has 0 radical (unpaired) electrons. The maximum absolute atomic E-state index is 9.50. The lowest BCUT2D eigenvalue weighted by atomic mass is 10.1. The molecule has 1 aromatic rings. The third-order valence-corrected chi connectivity index (χ3v) is 3.95. The van der Waals surface area contributed by atoms with Gasteiger partial charge in [-0.25, -0.2) is 0 Å². The highest BCUT2D eigenvalue weighted by Gasteiger charge is 2.33. The van der Waals surface area contributed by atoms with Gasteiger partial charge < -0.3 is 10.0 Å². The van der Waals surface area contributed by atoms with E-state index in [0.29, 0.717) is 0 Å². The monoisotopic (exact) mass is 253 g/mol. The number of aliphatic hydroxyl groups excluding tert-OH is 1. The van der Waals surface area contributed by atoms with Gasteiger partial charge in [0.25, 0.3) is 0 Å². The maximum Gasteiger partial charge on any atom is 0.0762 e. The summed E-state index contributed by atoms with van der Waals surface area (Å²) in [6.07, 6.45) is 0.864. The molecule has 0 amide bonds. The van der Waals surface area contributed by atoms with Crippen molar-refractivity contribution in [3.63, 3.8) is 0 Å². The molecule has 1 N–H and O–H groups in total. The summed E-state index contributed by atoms with van der Waals surface area (Å²) < 4.78 is 0. The van der Waals surface area contributed by atoms with Crippen molar-refractivity contribution < 1.29 is 5.11 Å². The Kier molecular flexibility index (Phi) is 3.64. The van der Waals surface area contributed by atoms with Gasteiger partial charge in [0, 0.05) is 13.6 Å². The Morgan fingerprint density at radius 3 is 2.65 bits per heavy atom. The highest BCUT2D eigenvalue weighted by atomic mass is 35.5. The van der Waals surface area contributed by atoms with Gasteiger partial charge in [0.2, 0.25) is 0 Å². The molecule has 0 heterocycles. The molecule has 3 heteroatoms. The highest BCUT2D eigenvalue weighted by molar-refractivity contribution is 6.33. The first-order chi connectivity index (χ1) is 7.99. The minimum atomic E-state index is -0.463. The average molecular weight is 254 g/mol. The molecule has 3 atom stereocenters. The van der Waals surface area contributed by atoms with E-state index in [-0.39, 0.29) is 0 Å². The molecular formula is C14H20ClNO. The van der Waals surface area contributed by atoms with E-state index in [1.54, 1.807) is 6.92 Å². The SMILES string of the molecule is CC1CC1CN(C)c1ccc([C@H](C)O)cc1Cl. The van der Waals surface area contributed by atoms with Crippen LogP contribution in [-0.2, 0) is 0 Å². The Morgan fingerprint density at radius 1 is 1.53 bits per heavy atom. The molecule has 1 aliphatic rings. The Morgan fingerprint density at radius 2 is 2.18 bits per heavy atom. The predicted molar refractivity (Wildman–Crippen MR) is 72.6 cm³/mol. The molecule has 0 bridgehead atoms. The quantitative estimate of drug-likeness (QED) is 0.888. The number of hydrogen-bond acceptors (Lipinski definition) is 2. The summed E-state index contributed by atoms with van der Waals surface area (Å²) in [5.41, 5.74) is 1.92. The Labute approximate surface area is 108 Å². The Bertz CT molecular complexity index is 405. The molecule has 2 rings (SSSR count). The standard InChI is InChI=1S/C14H20ClNO/c1-9-6-12(9)8-16(3)14-5-4-11(10(2)17)7-13(14)15/h4-5,7,9-10,12,17H,6,8H2,1-3H3/t9?,10-,12?/m0/s1. The maximum atomic E-state index is 9.50. The van der Waals surface area contributed by atoms with Gasteiger partial charge in [0.15, 0.2) is 0 Å². The lowest BCUT2D eigenvalue weighted by Crippen LogP contribution is -2.20. The van der Waals surface area contributed by atoms with Crippen LogP contribution >= 0.6 is 11.6 Å². The first kappa shape index (κ1) is 12.7. The third kappa shape index (κ3) is 2.93. The number of hydrogen-bond donors (Lipinski definition) is 1. The molecule has 0 aromatic heterocycles. The summed E-state index contributed by atoms with van der Waals surface area (Å²) in [6, 6.07) is 5.80. The van der Waals surface area contributed by atoms with Crippen molar-refractivity contribution in [3.8, 4) is 0 Å². The number of halogens is 1. The van der Waals surface area contributed by atoms with Crippen molar-refractivity contribution in [1.29, 1.82) is 0 Å². The number of benzene rings is 1. The van der Waals surface area contributed by atoms with Crippen LogP contribution in [0.25, 0.3) is 0 Å². The van der Waals surface area contributed by atoms with Crippen molar-refractivity contribution in [1.82, 2.24) is 0 Å². The molecule has 0 saturated heterocycles. The molecule has 94 valence electrons. The lowest BCUT2D eigenvalue weighted by molar-refractivity contribution is 0.199. The summed E-state index contributed by atoms with van der Waals surface area (Å²) in [5.74, 6) is 1.67. The molecule has 1 aromatic carbocycles. The van der Waals surface area contributed by atoms with Crippen LogP contribution in [0, 0.1) is 11.8 Å². The molecule has 0 spiro atoms. The van der Waals surface area contributed by atoms with E-state index in [2.05, 4.69) is 18.9 Å². The van der Waals surface area contributed by atoms with Gasteiger partial charge >= 0.3 is 0 Å². The van der Waals surface area contributed by atoms with Crippen LogP contribution in [0.5, 0.6) is 0 Å². The summed E-state index contributed by atoms with van der Waals surface area (Å²) in [4.78, 5) is 2.21. The summed E-state index contributed by atoms with van der Waals surface area (Å²) >= 11 is 6.26. The number of aliphatic hydroxyl groups is 1. The first-order valence-electron chi connectivity index (χ1n) is 6.17. The average Bonchev–Trinajstić information content (AvgIpc) is 2.93. The van der Waals surface area contributed by atoms with Crippen LogP contribution in [0.1, 0.15) is 31.9 Å². The van der Waals surface area contributed by atoms with Gasteiger partial charge in [-0.2, -0.15) is 0 Å². The van der Waals surface area contributed by atoms with Crippen LogP contribution in [0.2, 0.25) is 5.02 Å². The van der Waals surface area contributed by atoms with E-state index in [1.165, 1.54) is 6.42 Å². The van der Waals surface area contributed by atoms with Gasteiger partial charge in [0.1, 0.15) is 0 Å². The van der Waals surface area contributed by atoms with Gasteiger partial charge in [-0.1, -0.05) is 24.6 Å². The van der Waals surface area contributed by atoms with E-state index in [0.717, 1.165) is 34.7 Å². The van der Waals surface area contributed by atoms with Gasteiger partial charge in [-0.3, -0.25) is 0 Å². The molecule has 2 nitrogen and oxygen atoms in total. The van der Waals surface area contributed by atoms with Crippen molar-refractivity contribution in [2.24, 2.45) is 11.8 Å². The summed E-state index contributed by atoms with van der Waals surface area (Å²) in [5, 5.41) is 10.2. The largest absolute Gasteiger partial charge is 0.389 e. The van der Waals surface area contributed by atoms with Gasteiger partial charge in [0.05, 0.1) is 16.8 Å². The van der Waals surface area contributed by atoms with Crippen molar-refractivity contribution in [2.45, 2.75) is 26.4 Å². The fourth-order valence-electron chi connectivity index (χ4n) is 2.20. The van der Waals surface area contributed by atoms with Crippen LogP contribution in [0.3, 0.4) is 0 Å². The van der Waals surface area contributed by atoms with E-state index in [9.17, 15) is 5.11 Å². The van der Waals surface area contributed by atoms with E-state index >= 15 is 0 Å². The minimum Gasteiger partial charge on any atom is -0.389 e. The Hall–Kier alpha value is -0.730. The van der Waals surface area contributed by atoms with E-state index in [4.69, 9.17) is 11.6 Å². The lowest BCUT2D eigenvalue weighted by Gasteiger charge is -2.21. The van der Waals surface area contributed by atoms with Crippen molar-refractivity contribution in [3.05, 3.63) is 28.8 Å². The molecular weight excluding hydrogens is 234 g/mol. The van der Waals surface area contributed by atoms with Crippen LogP contribution in [0.4, 0.5) is 5.69 Å². The molecule has 1 fully saturated rings. The Balaban J connectivity index is 2.09. The van der Waals surface area contributed by atoms with Crippen molar-refractivity contribution in [2.75, 3.05) is 18.5 Å². The fourth-order valence-corrected chi connectivity index (χ4v) is 2.53. The second kappa shape index (κ2) is 4.87.